The minimum Gasteiger partial charge on any atom is -0.481 e. The SMILES string of the molecule is CC(C(=O)O)c1cncc(Br)c1.Cl. The Labute approximate surface area is 90.7 Å². The van der Waals surface area contributed by atoms with Gasteiger partial charge in [0, 0.05) is 16.9 Å². The van der Waals surface area contributed by atoms with Gasteiger partial charge in [-0.3, -0.25) is 9.78 Å². The second-order valence-corrected chi connectivity index (χ2v) is 3.41. The van der Waals surface area contributed by atoms with Crippen LogP contribution >= 0.6 is 28.3 Å². The lowest BCUT2D eigenvalue weighted by molar-refractivity contribution is -0.138. The minimum absolute atomic E-state index is 0. The maximum atomic E-state index is 10.6. The molecule has 0 saturated carbocycles. The van der Waals surface area contributed by atoms with Gasteiger partial charge in [0.15, 0.2) is 0 Å². The summed E-state index contributed by atoms with van der Waals surface area (Å²) in [6.07, 6.45) is 3.18. The molecule has 72 valence electrons. The van der Waals surface area contributed by atoms with Crippen LogP contribution in [0.2, 0.25) is 0 Å². The van der Waals surface area contributed by atoms with E-state index in [9.17, 15) is 4.79 Å². The smallest absolute Gasteiger partial charge is 0.310 e. The summed E-state index contributed by atoms with van der Waals surface area (Å²) in [5, 5.41) is 8.68. The Morgan fingerprint density at radius 3 is 2.69 bits per heavy atom. The third-order valence-corrected chi connectivity index (χ3v) is 2.03. The number of pyridine rings is 1. The lowest BCUT2D eigenvalue weighted by atomic mass is 10.0. The van der Waals surface area contributed by atoms with Gasteiger partial charge < -0.3 is 5.11 Å². The zero-order valence-electron chi connectivity index (χ0n) is 6.90. The maximum absolute atomic E-state index is 10.6. The number of rotatable bonds is 2. The standard InChI is InChI=1S/C8H8BrNO2.ClH/c1-5(8(11)12)6-2-7(9)4-10-3-6;/h2-5H,1H3,(H,11,12);1H. The summed E-state index contributed by atoms with van der Waals surface area (Å²) in [6.45, 7) is 1.63. The molecule has 1 atom stereocenters. The van der Waals surface area contributed by atoms with E-state index in [-0.39, 0.29) is 12.4 Å². The van der Waals surface area contributed by atoms with E-state index in [1.54, 1.807) is 25.4 Å². The Bertz CT molecular complexity index is 306. The van der Waals surface area contributed by atoms with Crippen LogP contribution in [-0.2, 0) is 4.79 Å². The van der Waals surface area contributed by atoms with Crippen molar-refractivity contribution in [3.05, 3.63) is 28.5 Å². The first kappa shape index (κ1) is 12.4. The van der Waals surface area contributed by atoms with E-state index in [0.29, 0.717) is 5.56 Å². The molecule has 0 amide bonds. The first-order chi connectivity index (χ1) is 5.61. The maximum Gasteiger partial charge on any atom is 0.310 e. The van der Waals surface area contributed by atoms with E-state index >= 15 is 0 Å². The van der Waals surface area contributed by atoms with Crippen LogP contribution in [0.5, 0.6) is 0 Å². The molecular weight excluding hydrogens is 257 g/mol. The highest BCUT2D eigenvalue weighted by molar-refractivity contribution is 9.10. The number of aliphatic carboxylic acids is 1. The van der Waals surface area contributed by atoms with Gasteiger partial charge in [-0.15, -0.1) is 12.4 Å². The Morgan fingerprint density at radius 2 is 2.23 bits per heavy atom. The molecule has 0 fully saturated rings. The van der Waals surface area contributed by atoms with Crippen molar-refractivity contribution in [2.75, 3.05) is 0 Å². The molecule has 0 saturated heterocycles. The highest BCUT2D eigenvalue weighted by Gasteiger charge is 2.13. The molecule has 5 heteroatoms. The quantitative estimate of drug-likeness (QED) is 0.894. The molecule has 1 N–H and O–H groups in total. The molecule has 13 heavy (non-hydrogen) atoms. The molecule has 0 aromatic carbocycles. The third-order valence-electron chi connectivity index (χ3n) is 1.60. The average molecular weight is 267 g/mol. The molecule has 0 bridgehead atoms. The van der Waals surface area contributed by atoms with Crippen molar-refractivity contribution >= 4 is 34.3 Å². The van der Waals surface area contributed by atoms with Gasteiger partial charge in [-0.05, 0) is 34.5 Å². The summed E-state index contributed by atoms with van der Waals surface area (Å²) in [6, 6.07) is 1.76. The van der Waals surface area contributed by atoms with E-state index in [4.69, 9.17) is 5.11 Å². The lowest BCUT2D eigenvalue weighted by Gasteiger charge is -2.04. The fourth-order valence-corrected chi connectivity index (χ4v) is 1.19. The summed E-state index contributed by atoms with van der Waals surface area (Å²) < 4.78 is 0.799. The van der Waals surface area contributed by atoms with E-state index in [2.05, 4.69) is 20.9 Å². The number of nitrogens with zero attached hydrogens (tertiary/aromatic N) is 1. The van der Waals surface area contributed by atoms with Crippen LogP contribution in [-0.4, -0.2) is 16.1 Å². The number of halogens is 2. The highest BCUT2D eigenvalue weighted by Crippen LogP contribution is 2.17. The predicted molar refractivity (Wildman–Crippen MR) is 55.2 cm³/mol. The number of hydrogen-bond donors (Lipinski definition) is 1. The van der Waals surface area contributed by atoms with Crippen LogP contribution in [0.25, 0.3) is 0 Å². The van der Waals surface area contributed by atoms with E-state index in [1.165, 1.54) is 0 Å². The van der Waals surface area contributed by atoms with E-state index in [0.717, 1.165) is 4.47 Å². The Morgan fingerprint density at radius 1 is 1.62 bits per heavy atom. The topological polar surface area (TPSA) is 50.2 Å². The fraction of sp³-hybridized carbons (Fsp3) is 0.250. The van der Waals surface area contributed by atoms with Crippen LogP contribution in [0, 0.1) is 0 Å². The van der Waals surface area contributed by atoms with Crippen molar-refractivity contribution in [3.8, 4) is 0 Å². The number of carboxylic acid groups (broad SMARTS) is 1. The zero-order chi connectivity index (χ0) is 9.14. The van der Waals surface area contributed by atoms with Crippen LogP contribution in [0.3, 0.4) is 0 Å². The van der Waals surface area contributed by atoms with Crippen molar-refractivity contribution in [2.45, 2.75) is 12.8 Å². The molecule has 1 heterocycles. The summed E-state index contributed by atoms with van der Waals surface area (Å²) in [4.78, 5) is 14.4. The third kappa shape index (κ3) is 3.32. The number of carbonyl (C=O) groups is 1. The predicted octanol–water partition coefficient (Wildman–Crippen LogP) is 2.45. The van der Waals surface area contributed by atoms with Gasteiger partial charge in [0.25, 0.3) is 0 Å². The molecule has 0 spiro atoms. The van der Waals surface area contributed by atoms with Crippen LogP contribution in [0.1, 0.15) is 18.4 Å². The van der Waals surface area contributed by atoms with Crippen molar-refractivity contribution in [2.24, 2.45) is 0 Å². The summed E-state index contributed by atoms with van der Waals surface area (Å²) in [7, 11) is 0. The van der Waals surface area contributed by atoms with Gasteiger partial charge in [-0.25, -0.2) is 0 Å². The molecule has 1 aromatic rings. The first-order valence-corrected chi connectivity index (χ1v) is 4.24. The minimum atomic E-state index is -0.838. The number of aromatic nitrogens is 1. The summed E-state index contributed by atoms with van der Waals surface area (Å²) >= 11 is 3.22. The van der Waals surface area contributed by atoms with Gasteiger partial charge in [-0.2, -0.15) is 0 Å². The highest BCUT2D eigenvalue weighted by atomic mass is 79.9. The molecule has 0 radical (unpaired) electrons. The lowest BCUT2D eigenvalue weighted by Crippen LogP contribution is -2.07. The van der Waals surface area contributed by atoms with Gasteiger partial charge in [0.05, 0.1) is 5.92 Å². The van der Waals surface area contributed by atoms with Crippen LogP contribution in [0.4, 0.5) is 0 Å². The van der Waals surface area contributed by atoms with Crippen molar-refractivity contribution in [3.63, 3.8) is 0 Å². The van der Waals surface area contributed by atoms with Crippen molar-refractivity contribution in [1.29, 1.82) is 0 Å². The van der Waals surface area contributed by atoms with E-state index < -0.39 is 11.9 Å². The molecule has 3 nitrogen and oxygen atoms in total. The van der Waals surface area contributed by atoms with Crippen LogP contribution in [0.15, 0.2) is 22.9 Å². The van der Waals surface area contributed by atoms with Gasteiger partial charge in [-0.1, -0.05) is 0 Å². The second-order valence-electron chi connectivity index (χ2n) is 2.50. The molecular formula is C8H9BrClNO2. The Balaban J connectivity index is 0.00000144. The van der Waals surface area contributed by atoms with Crippen LogP contribution < -0.4 is 0 Å². The van der Waals surface area contributed by atoms with Crippen molar-refractivity contribution in [1.82, 2.24) is 4.98 Å². The van der Waals surface area contributed by atoms with Gasteiger partial charge in [0.2, 0.25) is 0 Å². The van der Waals surface area contributed by atoms with Gasteiger partial charge in [0.1, 0.15) is 0 Å². The summed E-state index contributed by atoms with van der Waals surface area (Å²) in [5.41, 5.74) is 0.705. The zero-order valence-corrected chi connectivity index (χ0v) is 9.30. The number of carboxylic acids is 1. The van der Waals surface area contributed by atoms with Gasteiger partial charge >= 0.3 is 5.97 Å². The summed E-state index contributed by atoms with van der Waals surface area (Å²) in [5.74, 6) is -1.34. The Hall–Kier alpha value is -0.610. The largest absolute Gasteiger partial charge is 0.481 e. The van der Waals surface area contributed by atoms with E-state index in [1.807, 2.05) is 0 Å². The average Bonchev–Trinajstić information content (AvgIpc) is 2.03. The molecule has 0 aliphatic rings. The Kier molecular flexibility index (Phi) is 4.95. The fourth-order valence-electron chi connectivity index (χ4n) is 0.808. The first-order valence-electron chi connectivity index (χ1n) is 3.44. The molecule has 1 aromatic heterocycles. The second kappa shape index (κ2) is 5.19. The normalized spacial score (nSPS) is 11.5. The van der Waals surface area contributed by atoms with Crippen molar-refractivity contribution < 1.29 is 9.90 Å². The monoisotopic (exact) mass is 265 g/mol. The molecule has 0 aliphatic heterocycles. The molecule has 1 unspecified atom stereocenters. The molecule has 0 aliphatic carbocycles. The molecule has 1 rings (SSSR count). The number of hydrogen-bond acceptors (Lipinski definition) is 2.